The lowest BCUT2D eigenvalue weighted by Gasteiger charge is -2.31. The lowest BCUT2D eigenvalue weighted by atomic mass is 10.1. The van der Waals surface area contributed by atoms with E-state index >= 15 is 0 Å². The second-order valence-corrected chi connectivity index (χ2v) is 9.85. The summed E-state index contributed by atoms with van der Waals surface area (Å²) in [6.07, 6.45) is 2.16. The molecule has 1 fully saturated rings. The molecule has 0 saturated carbocycles. The summed E-state index contributed by atoms with van der Waals surface area (Å²) in [5.41, 5.74) is 1.18. The molecule has 1 saturated heterocycles. The first-order valence-corrected chi connectivity index (χ1v) is 12.0. The molecule has 0 radical (unpaired) electrons. The van der Waals surface area contributed by atoms with E-state index < -0.39 is 10.0 Å². The zero-order valence-electron chi connectivity index (χ0n) is 16.5. The highest BCUT2D eigenvalue weighted by molar-refractivity contribution is 7.99. The SMILES string of the molecule is CN1CCN(S(=O)(=O)c2ccc(SCC(=O)NCCc3ccccc3)nc2)CC1. The van der Waals surface area contributed by atoms with Crippen molar-refractivity contribution in [1.82, 2.24) is 19.5 Å². The van der Waals surface area contributed by atoms with Gasteiger partial charge < -0.3 is 10.2 Å². The van der Waals surface area contributed by atoms with Crippen LogP contribution in [-0.2, 0) is 21.2 Å². The standard InChI is InChI=1S/C20H26N4O3S2/c1-23-11-13-24(14-12-23)29(26,27)18-7-8-20(22-15-18)28-16-19(25)21-10-9-17-5-3-2-4-6-17/h2-8,15H,9-14,16H2,1H3,(H,21,25). The van der Waals surface area contributed by atoms with Crippen LogP contribution in [0.25, 0.3) is 0 Å². The smallest absolute Gasteiger partial charge is 0.244 e. The number of rotatable bonds is 8. The van der Waals surface area contributed by atoms with Gasteiger partial charge in [0.2, 0.25) is 15.9 Å². The van der Waals surface area contributed by atoms with E-state index in [-0.39, 0.29) is 16.6 Å². The number of benzene rings is 1. The van der Waals surface area contributed by atoms with Crippen LogP contribution in [-0.4, -0.2) is 74.0 Å². The third-order valence-corrected chi connectivity index (χ3v) is 7.57. The van der Waals surface area contributed by atoms with Crippen LogP contribution in [0, 0.1) is 0 Å². The van der Waals surface area contributed by atoms with Gasteiger partial charge in [-0.1, -0.05) is 42.1 Å². The van der Waals surface area contributed by atoms with Gasteiger partial charge in [0.25, 0.3) is 0 Å². The van der Waals surface area contributed by atoms with Crippen molar-refractivity contribution in [2.75, 3.05) is 45.5 Å². The number of carbonyl (C=O) groups is 1. The number of aromatic nitrogens is 1. The number of amides is 1. The Morgan fingerprint density at radius 2 is 1.83 bits per heavy atom. The molecule has 0 spiro atoms. The summed E-state index contributed by atoms with van der Waals surface area (Å²) in [5, 5.41) is 3.52. The zero-order chi connectivity index (χ0) is 20.7. The lowest BCUT2D eigenvalue weighted by molar-refractivity contribution is -0.118. The predicted molar refractivity (Wildman–Crippen MR) is 114 cm³/mol. The largest absolute Gasteiger partial charge is 0.355 e. The van der Waals surface area contributed by atoms with Crippen LogP contribution in [0.2, 0.25) is 0 Å². The molecule has 0 aliphatic carbocycles. The normalized spacial score (nSPS) is 15.9. The quantitative estimate of drug-likeness (QED) is 0.634. The van der Waals surface area contributed by atoms with E-state index in [0.29, 0.717) is 24.7 Å². The van der Waals surface area contributed by atoms with Gasteiger partial charge in [-0.15, -0.1) is 0 Å². The highest BCUT2D eigenvalue weighted by atomic mass is 32.2. The van der Waals surface area contributed by atoms with Gasteiger partial charge in [-0.25, -0.2) is 13.4 Å². The molecule has 2 aromatic rings. The van der Waals surface area contributed by atoms with Gasteiger partial charge in [0.1, 0.15) is 4.90 Å². The molecule has 1 aliphatic heterocycles. The van der Waals surface area contributed by atoms with Crippen LogP contribution < -0.4 is 5.32 Å². The van der Waals surface area contributed by atoms with E-state index in [0.717, 1.165) is 19.5 Å². The third kappa shape index (κ3) is 6.27. The molecule has 29 heavy (non-hydrogen) atoms. The highest BCUT2D eigenvalue weighted by Crippen LogP contribution is 2.20. The Labute approximate surface area is 176 Å². The summed E-state index contributed by atoms with van der Waals surface area (Å²) < 4.78 is 26.9. The van der Waals surface area contributed by atoms with Gasteiger partial charge in [0.15, 0.2) is 0 Å². The molecule has 0 unspecified atom stereocenters. The van der Waals surface area contributed by atoms with Crippen molar-refractivity contribution in [2.24, 2.45) is 0 Å². The van der Waals surface area contributed by atoms with Gasteiger partial charge >= 0.3 is 0 Å². The summed E-state index contributed by atoms with van der Waals surface area (Å²) in [4.78, 5) is 18.5. The average Bonchev–Trinajstić information content (AvgIpc) is 2.74. The molecule has 3 rings (SSSR count). The van der Waals surface area contributed by atoms with Crippen molar-refractivity contribution in [1.29, 1.82) is 0 Å². The van der Waals surface area contributed by atoms with E-state index in [2.05, 4.69) is 15.2 Å². The lowest BCUT2D eigenvalue weighted by Crippen LogP contribution is -2.47. The van der Waals surface area contributed by atoms with E-state index in [1.165, 1.54) is 27.8 Å². The minimum Gasteiger partial charge on any atom is -0.355 e. The van der Waals surface area contributed by atoms with Crippen molar-refractivity contribution in [3.63, 3.8) is 0 Å². The fraction of sp³-hybridized carbons (Fsp3) is 0.400. The Hall–Kier alpha value is -1.94. The number of pyridine rings is 1. The number of hydrogen-bond acceptors (Lipinski definition) is 6. The monoisotopic (exact) mass is 434 g/mol. The van der Waals surface area contributed by atoms with Crippen molar-refractivity contribution < 1.29 is 13.2 Å². The van der Waals surface area contributed by atoms with Crippen LogP contribution in [0.1, 0.15) is 5.56 Å². The molecular formula is C20H26N4O3S2. The molecule has 1 amide bonds. The van der Waals surface area contributed by atoms with Crippen molar-refractivity contribution in [3.8, 4) is 0 Å². The van der Waals surface area contributed by atoms with E-state index in [1.54, 1.807) is 12.1 Å². The highest BCUT2D eigenvalue weighted by Gasteiger charge is 2.27. The number of sulfonamides is 1. The first kappa shape index (κ1) is 21.8. The van der Waals surface area contributed by atoms with Gasteiger partial charge in [0.05, 0.1) is 10.8 Å². The molecule has 7 nitrogen and oxygen atoms in total. The van der Waals surface area contributed by atoms with Crippen molar-refractivity contribution in [3.05, 3.63) is 54.2 Å². The zero-order valence-corrected chi connectivity index (χ0v) is 18.1. The van der Waals surface area contributed by atoms with Crippen LogP contribution in [0.3, 0.4) is 0 Å². The topological polar surface area (TPSA) is 82.6 Å². The summed E-state index contributed by atoms with van der Waals surface area (Å²) >= 11 is 1.29. The molecule has 1 aliphatic rings. The van der Waals surface area contributed by atoms with Crippen molar-refractivity contribution >= 4 is 27.7 Å². The molecule has 0 atom stereocenters. The Morgan fingerprint density at radius 1 is 1.10 bits per heavy atom. The summed E-state index contributed by atoms with van der Waals surface area (Å²) in [5.74, 6) is 0.175. The fourth-order valence-electron chi connectivity index (χ4n) is 2.96. The van der Waals surface area contributed by atoms with Crippen LogP contribution in [0.5, 0.6) is 0 Å². The maximum Gasteiger partial charge on any atom is 0.244 e. The number of likely N-dealkylation sites (N-methyl/N-ethyl adjacent to an activating group) is 1. The maximum atomic E-state index is 12.7. The molecule has 2 heterocycles. The number of nitrogens with zero attached hydrogens (tertiary/aromatic N) is 3. The Balaban J connectivity index is 1.45. The second kappa shape index (κ2) is 10.2. The van der Waals surface area contributed by atoms with Crippen LogP contribution in [0.4, 0.5) is 0 Å². The molecule has 156 valence electrons. The summed E-state index contributed by atoms with van der Waals surface area (Å²) in [6, 6.07) is 13.2. The van der Waals surface area contributed by atoms with Gasteiger partial charge in [-0.3, -0.25) is 4.79 Å². The number of thioether (sulfide) groups is 1. The fourth-order valence-corrected chi connectivity index (χ4v) is 5.00. The number of piperazine rings is 1. The Morgan fingerprint density at radius 3 is 2.48 bits per heavy atom. The Kier molecular flexibility index (Phi) is 7.65. The second-order valence-electron chi connectivity index (χ2n) is 6.91. The van der Waals surface area contributed by atoms with E-state index in [9.17, 15) is 13.2 Å². The molecule has 1 N–H and O–H groups in total. The van der Waals surface area contributed by atoms with Crippen LogP contribution >= 0.6 is 11.8 Å². The molecule has 1 aromatic heterocycles. The summed E-state index contributed by atoms with van der Waals surface area (Å²) in [7, 11) is -1.53. The van der Waals surface area contributed by atoms with Gasteiger partial charge in [-0.05, 0) is 31.2 Å². The average molecular weight is 435 g/mol. The summed E-state index contributed by atoms with van der Waals surface area (Å²) in [6.45, 7) is 3.00. The number of nitrogens with one attached hydrogen (secondary N) is 1. The minimum atomic E-state index is -3.52. The van der Waals surface area contributed by atoms with E-state index in [4.69, 9.17) is 0 Å². The molecular weight excluding hydrogens is 408 g/mol. The number of hydrogen-bond donors (Lipinski definition) is 1. The molecule has 9 heteroatoms. The first-order chi connectivity index (χ1) is 13.9. The van der Waals surface area contributed by atoms with Crippen molar-refractivity contribution in [2.45, 2.75) is 16.3 Å². The minimum absolute atomic E-state index is 0.0677. The first-order valence-electron chi connectivity index (χ1n) is 9.53. The maximum absolute atomic E-state index is 12.7. The molecule has 0 bridgehead atoms. The van der Waals surface area contributed by atoms with E-state index in [1.807, 2.05) is 37.4 Å². The number of carbonyl (C=O) groups excluding carboxylic acids is 1. The van der Waals surface area contributed by atoms with Gasteiger partial charge in [0, 0.05) is 38.9 Å². The van der Waals surface area contributed by atoms with Crippen LogP contribution in [0.15, 0.2) is 58.6 Å². The third-order valence-electron chi connectivity index (χ3n) is 4.74. The Bertz CT molecular complexity index is 897. The predicted octanol–water partition coefficient (Wildman–Crippen LogP) is 1.47. The van der Waals surface area contributed by atoms with Gasteiger partial charge in [-0.2, -0.15) is 4.31 Å². The molecule has 1 aromatic carbocycles.